The molecule has 0 aromatic carbocycles. The minimum atomic E-state index is -0.302. The molecule has 3 fully saturated rings. The largest absolute Gasteiger partial charge is 0.468 e. The Bertz CT molecular complexity index is 211. The zero-order valence-electron chi connectivity index (χ0n) is 7.35. The van der Waals surface area contributed by atoms with Crippen LogP contribution in [-0.2, 0) is 9.53 Å². The number of halogens is 1. The van der Waals surface area contributed by atoms with Crippen molar-refractivity contribution in [3.63, 3.8) is 0 Å². The van der Waals surface area contributed by atoms with Gasteiger partial charge in [-0.05, 0) is 18.3 Å². The molecule has 4 heteroatoms. The van der Waals surface area contributed by atoms with Gasteiger partial charge < -0.3 is 10.1 Å². The maximum atomic E-state index is 11.2. The van der Waals surface area contributed by atoms with Gasteiger partial charge in [0, 0.05) is 6.54 Å². The van der Waals surface area contributed by atoms with Crippen molar-refractivity contribution in [3.05, 3.63) is 0 Å². The third kappa shape index (κ3) is 1.04. The lowest BCUT2D eigenvalue weighted by atomic mass is 9.63. The van der Waals surface area contributed by atoms with Crippen LogP contribution in [0.1, 0.15) is 19.8 Å². The number of hydrogen-bond donors (Lipinski definition) is 1. The highest BCUT2D eigenvalue weighted by atomic mass is 35.5. The summed E-state index contributed by atoms with van der Waals surface area (Å²) in [4.78, 5) is 11.2. The Morgan fingerprint density at radius 2 is 2.08 bits per heavy atom. The zero-order valence-corrected chi connectivity index (χ0v) is 8.16. The number of esters is 1. The number of carbonyl (C=O) groups is 1. The number of fused-ring (bicyclic) bond motifs is 1. The smallest absolute Gasteiger partial charge is 0.326 e. The molecule has 0 aromatic heterocycles. The molecule has 1 N–H and O–H groups in total. The fraction of sp³-hybridized carbons (Fsp3) is 0.875. The number of ether oxygens (including phenoxy) is 1. The van der Waals surface area contributed by atoms with E-state index in [-0.39, 0.29) is 23.9 Å². The summed E-state index contributed by atoms with van der Waals surface area (Å²) >= 11 is 0. The number of carbonyl (C=O) groups excluding carboxylic acids is 1. The molecule has 0 spiro atoms. The molecule has 3 rings (SSSR count). The molecule has 2 bridgehead atoms. The number of nitrogens with one attached hydrogen (secondary N) is 1. The van der Waals surface area contributed by atoms with Gasteiger partial charge in [-0.25, -0.2) is 0 Å². The lowest BCUT2D eigenvalue weighted by Gasteiger charge is -2.41. The van der Waals surface area contributed by atoms with Crippen molar-refractivity contribution in [1.29, 1.82) is 0 Å². The van der Waals surface area contributed by atoms with Crippen LogP contribution in [-0.4, -0.2) is 25.2 Å². The first-order valence-corrected chi connectivity index (χ1v) is 3.94. The van der Waals surface area contributed by atoms with E-state index in [9.17, 15) is 4.79 Å². The minimum Gasteiger partial charge on any atom is -0.468 e. The fourth-order valence-electron chi connectivity index (χ4n) is 2.45. The highest BCUT2D eigenvalue weighted by Crippen LogP contribution is 2.53. The summed E-state index contributed by atoms with van der Waals surface area (Å²) < 4.78 is 4.72. The van der Waals surface area contributed by atoms with E-state index in [2.05, 4.69) is 12.2 Å². The molecular weight excluding hydrogens is 178 g/mol. The third-order valence-electron chi connectivity index (χ3n) is 2.89. The van der Waals surface area contributed by atoms with Gasteiger partial charge in [-0.1, -0.05) is 6.92 Å². The van der Waals surface area contributed by atoms with Gasteiger partial charge >= 0.3 is 5.97 Å². The van der Waals surface area contributed by atoms with Crippen LogP contribution in [0, 0.1) is 5.41 Å². The normalized spacial score (nSPS) is 42.8. The second-order valence-corrected chi connectivity index (χ2v) is 4.09. The van der Waals surface area contributed by atoms with Gasteiger partial charge in [-0.15, -0.1) is 12.4 Å². The molecule has 0 aromatic rings. The first-order chi connectivity index (χ1) is 5.10. The van der Waals surface area contributed by atoms with Gasteiger partial charge in [0.15, 0.2) is 0 Å². The van der Waals surface area contributed by atoms with E-state index in [1.54, 1.807) is 0 Å². The minimum absolute atomic E-state index is 0. The Hall–Kier alpha value is -0.280. The topological polar surface area (TPSA) is 38.3 Å². The molecule has 70 valence electrons. The van der Waals surface area contributed by atoms with Gasteiger partial charge in [-0.3, -0.25) is 4.79 Å². The monoisotopic (exact) mass is 191 g/mol. The molecule has 1 aliphatic carbocycles. The first-order valence-electron chi connectivity index (χ1n) is 3.94. The van der Waals surface area contributed by atoms with Crippen molar-refractivity contribution < 1.29 is 9.53 Å². The van der Waals surface area contributed by atoms with Crippen LogP contribution in [0.2, 0.25) is 0 Å². The lowest BCUT2D eigenvalue weighted by Crippen LogP contribution is -2.53. The molecule has 0 radical (unpaired) electrons. The highest BCUT2D eigenvalue weighted by molar-refractivity contribution is 5.85. The van der Waals surface area contributed by atoms with Gasteiger partial charge in [-0.2, -0.15) is 0 Å². The van der Waals surface area contributed by atoms with Gasteiger partial charge in [0.25, 0.3) is 0 Å². The molecule has 0 atom stereocenters. The van der Waals surface area contributed by atoms with Crippen LogP contribution in [0.25, 0.3) is 0 Å². The standard InChI is InChI=1S/C8H13NO2.ClH/c1-7-3-8(4-7,9-5-7)6(10)11-2;/h9H,3-5H2,1-2H3;1H. The van der Waals surface area contributed by atoms with Crippen LogP contribution < -0.4 is 5.32 Å². The van der Waals surface area contributed by atoms with Crippen LogP contribution in [0.3, 0.4) is 0 Å². The zero-order chi connectivity index (χ0) is 8.11. The molecule has 12 heavy (non-hydrogen) atoms. The first kappa shape index (κ1) is 9.81. The number of hydrogen-bond acceptors (Lipinski definition) is 3. The van der Waals surface area contributed by atoms with Crippen molar-refractivity contribution >= 4 is 18.4 Å². The second-order valence-electron chi connectivity index (χ2n) is 4.09. The summed E-state index contributed by atoms with van der Waals surface area (Å²) in [5, 5.41) is 3.22. The third-order valence-corrected chi connectivity index (χ3v) is 2.89. The van der Waals surface area contributed by atoms with Crippen molar-refractivity contribution in [1.82, 2.24) is 5.32 Å². The summed E-state index contributed by atoms with van der Waals surface area (Å²) in [5.74, 6) is -0.0903. The molecule has 3 aliphatic rings. The molecule has 2 heterocycles. The summed E-state index contributed by atoms with van der Waals surface area (Å²) in [6.45, 7) is 3.16. The van der Waals surface area contributed by atoms with Gasteiger partial charge in [0.2, 0.25) is 0 Å². The Balaban J connectivity index is 0.000000720. The second kappa shape index (κ2) is 2.60. The van der Waals surface area contributed by atoms with E-state index in [1.165, 1.54) is 7.11 Å². The quantitative estimate of drug-likeness (QED) is 0.621. The maximum absolute atomic E-state index is 11.2. The van der Waals surface area contributed by atoms with Crippen LogP contribution >= 0.6 is 12.4 Å². The molecule has 2 aliphatic heterocycles. The summed E-state index contributed by atoms with van der Waals surface area (Å²) in [6, 6.07) is 0. The predicted molar refractivity (Wildman–Crippen MR) is 47.3 cm³/mol. The lowest BCUT2D eigenvalue weighted by molar-refractivity contribution is -0.152. The van der Waals surface area contributed by atoms with Crippen molar-refractivity contribution in [2.24, 2.45) is 5.41 Å². The Morgan fingerprint density at radius 1 is 1.50 bits per heavy atom. The van der Waals surface area contributed by atoms with Crippen LogP contribution in [0.5, 0.6) is 0 Å². The van der Waals surface area contributed by atoms with Crippen LogP contribution in [0.15, 0.2) is 0 Å². The fourth-order valence-corrected chi connectivity index (χ4v) is 2.45. The molecule has 0 unspecified atom stereocenters. The number of methoxy groups -OCH3 is 1. The van der Waals surface area contributed by atoms with Crippen LogP contribution in [0.4, 0.5) is 0 Å². The Labute approximate surface area is 78.3 Å². The summed E-state index contributed by atoms with van der Waals surface area (Å²) in [7, 11) is 1.45. The van der Waals surface area contributed by atoms with E-state index >= 15 is 0 Å². The summed E-state index contributed by atoms with van der Waals surface area (Å²) in [5.41, 5.74) is 0.0672. The highest BCUT2D eigenvalue weighted by Gasteiger charge is 2.62. The molecule has 0 amide bonds. The average Bonchev–Trinajstić information content (AvgIpc) is 2.40. The van der Waals surface area contributed by atoms with E-state index in [4.69, 9.17) is 4.74 Å². The molecule has 1 saturated carbocycles. The Morgan fingerprint density at radius 3 is 2.42 bits per heavy atom. The number of rotatable bonds is 1. The summed E-state index contributed by atoms with van der Waals surface area (Å²) in [6.07, 6.45) is 1.90. The van der Waals surface area contributed by atoms with Crippen molar-refractivity contribution in [2.75, 3.05) is 13.7 Å². The average molecular weight is 192 g/mol. The predicted octanol–water partition coefficient (Wildman–Crippen LogP) is 0.723. The van der Waals surface area contributed by atoms with E-state index in [0.717, 1.165) is 19.4 Å². The Kier molecular flexibility index (Phi) is 2.13. The molecule has 2 saturated heterocycles. The van der Waals surface area contributed by atoms with E-state index < -0.39 is 0 Å². The van der Waals surface area contributed by atoms with Gasteiger partial charge in [0.05, 0.1) is 7.11 Å². The van der Waals surface area contributed by atoms with Crippen molar-refractivity contribution in [2.45, 2.75) is 25.3 Å². The molecule has 3 nitrogen and oxygen atoms in total. The van der Waals surface area contributed by atoms with E-state index in [0.29, 0.717) is 5.41 Å². The van der Waals surface area contributed by atoms with Gasteiger partial charge in [0.1, 0.15) is 5.54 Å². The SMILES string of the molecule is COC(=O)C12CC(C)(CN1)C2.Cl. The van der Waals surface area contributed by atoms with Crippen molar-refractivity contribution in [3.8, 4) is 0 Å². The molecular formula is C8H14ClNO2. The maximum Gasteiger partial charge on any atom is 0.326 e. The van der Waals surface area contributed by atoms with E-state index in [1.807, 2.05) is 0 Å².